The van der Waals surface area contributed by atoms with Gasteiger partial charge in [0.05, 0.1) is 6.10 Å². The van der Waals surface area contributed by atoms with E-state index in [1.165, 1.54) is 56.3 Å². The molecule has 0 radical (unpaired) electrons. The number of allylic oxidation sites excluding steroid dienone is 1. The van der Waals surface area contributed by atoms with E-state index in [1.54, 1.807) is 0 Å². The first-order valence-corrected chi connectivity index (χ1v) is 25.7. The Bertz CT molecular complexity index is 860. The Morgan fingerprint density at radius 2 is 1.53 bits per heavy atom. The Balaban J connectivity index is 2.15. The fraction of sp³-hybridized carbons (Fsp3) is 0.865. The molecule has 2 aliphatic heterocycles. The Morgan fingerprint density at radius 1 is 0.953 bits per heavy atom. The van der Waals surface area contributed by atoms with Crippen LogP contribution in [-0.4, -0.2) is 60.0 Å². The first-order chi connectivity index (χ1) is 20.2. The summed E-state index contributed by atoms with van der Waals surface area (Å²) < 4.78 is 31.5. The first-order valence-electron chi connectivity index (χ1n) is 17.6. The molecule has 2 saturated heterocycles. The van der Waals surface area contributed by atoms with Crippen LogP contribution in [0.25, 0.3) is 0 Å². The molecule has 0 aromatic heterocycles. The third kappa shape index (κ3) is 11.3. The van der Waals surface area contributed by atoms with Gasteiger partial charge in [-0.3, -0.25) is 0 Å². The summed E-state index contributed by atoms with van der Waals surface area (Å²) in [6.45, 7) is 25.9. The van der Waals surface area contributed by atoms with Crippen LogP contribution in [0.4, 0.5) is 0 Å². The fourth-order valence-electron chi connectivity index (χ4n) is 6.98. The summed E-state index contributed by atoms with van der Waals surface area (Å²) in [6, 6.07) is 0. The van der Waals surface area contributed by atoms with Gasteiger partial charge < -0.3 is 0 Å². The van der Waals surface area contributed by atoms with Crippen LogP contribution in [0, 0.1) is 11.3 Å². The predicted molar refractivity (Wildman–Crippen MR) is 183 cm³/mol. The van der Waals surface area contributed by atoms with Crippen molar-refractivity contribution in [1.29, 1.82) is 0 Å². The summed E-state index contributed by atoms with van der Waals surface area (Å²) in [7, 11) is 0. The van der Waals surface area contributed by atoms with E-state index in [9.17, 15) is 4.79 Å². The van der Waals surface area contributed by atoms with Crippen molar-refractivity contribution in [3.05, 3.63) is 25.0 Å². The van der Waals surface area contributed by atoms with E-state index in [0.29, 0.717) is 12.3 Å². The van der Waals surface area contributed by atoms with Gasteiger partial charge in [0.15, 0.2) is 0 Å². The number of unbranched alkanes of at least 4 members (excludes halogenated alkanes) is 3. The first kappa shape index (κ1) is 38.7. The molecule has 2 heterocycles. The number of ether oxygens (including phenoxy) is 4. The van der Waals surface area contributed by atoms with Gasteiger partial charge in [0, 0.05) is 0 Å². The van der Waals surface area contributed by atoms with E-state index in [1.807, 2.05) is 19.3 Å². The molecule has 250 valence electrons. The molecular weight excluding hydrogens is 643 g/mol. The molecule has 43 heavy (non-hydrogen) atoms. The molecule has 5 nitrogen and oxygen atoms in total. The van der Waals surface area contributed by atoms with E-state index in [4.69, 9.17) is 18.9 Å². The fourth-order valence-corrected chi connectivity index (χ4v) is 22.0. The number of hydrogen-bond acceptors (Lipinski definition) is 5. The van der Waals surface area contributed by atoms with Crippen LogP contribution < -0.4 is 0 Å². The van der Waals surface area contributed by atoms with E-state index < -0.39 is 24.0 Å². The van der Waals surface area contributed by atoms with Crippen molar-refractivity contribution in [2.45, 2.75) is 187 Å². The summed E-state index contributed by atoms with van der Waals surface area (Å²) in [5, 5.41) is 0. The maximum atomic E-state index is 13.5. The topological polar surface area (TPSA) is 54.0 Å². The van der Waals surface area contributed by atoms with Crippen molar-refractivity contribution in [3.8, 4) is 0 Å². The molecular formula is C37H68O5Sn. The molecule has 2 rings (SSSR count). The SMILES string of the molecule is C=CC[C@]1(C)O[C@H](C)C(C)(C)C[C@H]1OC(=O)C[C@H]1OC(C)(C)[C@H](C)CC1O/C=C\[CH2][Sn]([CH2]CCC)([CH2]CCC)[CH2]CCC. The van der Waals surface area contributed by atoms with Gasteiger partial charge in [-0.15, -0.1) is 6.58 Å². The molecule has 0 aromatic carbocycles. The average molecular weight is 712 g/mol. The van der Waals surface area contributed by atoms with Gasteiger partial charge in [-0.1, -0.05) is 19.9 Å². The Morgan fingerprint density at radius 3 is 2.07 bits per heavy atom. The molecule has 0 aromatic rings. The molecule has 2 fully saturated rings. The molecule has 0 aliphatic carbocycles. The summed E-state index contributed by atoms with van der Waals surface area (Å²) in [5.41, 5.74) is -1.01. The van der Waals surface area contributed by atoms with Crippen LogP contribution in [0.5, 0.6) is 0 Å². The summed E-state index contributed by atoms with van der Waals surface area (Å²) >= 11 is -2.27. The second kappa shape index (κ2) is 17.4. The molecule has 0 bridgehead atoms. The Hall–Kier alpha value is -0.531. The Kier molecular flexibility index (Phi) is 15.6. The van der Waals surface area contributed by atoms with Crippen molar-refractivity contribution in [2.24, 2.45) is 11.3 Å². The number of hydrogen-bond donors (Lipinski definition) is 0. The van der Waals surface area contributed by atoms with Crippen LogP contribution in [-0.2, 0) is 23.7 Å². The van der Waals surface area contributed by atoms with Crippen LogP contribution in [0.2, 0.25) is 17.7 Å². The van der Waals surface area contributed by atoms with Gasteiger partial charge in [-0.25, -0.2) is 0 Å². The second-order valence-corrected chi connectivity index (χ2v) is 29.4. The van der Waals surface area contributed by atoms with Crippen LogP contribution in [0.3, 0.4) is 0 Å². The van der Waals surface area contributed by atoms with E-state index in [0.717, 1.165) is 12.8 Å². The maximum absolute atomic E-state index is 13.5. The zero-order chi connectivity index (χ0) is 32.3. The number of rotatable bonds is 18. The van der Waals surface area contributed by atoms with Gasteiger partial charge in [0.1, 0.15) is 0 Å². The van der Waals surface area contributed by atoms with Crippen molar-refractivity contribution in [3.63, 3.8) is 0 Å². The minimum atomic E-state index is -2.27. The van der Waals surface area contributed by atoms with Crippen LogP contribution in [0.1, 0.15) is 133 Å². The molecule has 2 aliphatic rings. The van der Waals surface area contributed by atoms with Crippen LogP contribution >= 0.6 is 0 Å². The summed E-state index contributed by atoms with van der Waals surface area (Å²) in [4.78, 5) is 13.5. The van der Waals surface area contributed by atoms with Gasteiger partial charge >= 0.3 is 232 Å². The quantitative estimate of drug-likeness (QED) is 0.0613. The van der Waals surface area contributed by atoms with E-state index in [-0.39, 0.29) is 47.8 Å². The Labute approximate surface area is 270 Å². The minimum absolute atomic E-state index is 0.0650. The predicted octanol–water partition coefficient (Wildman–Crippen LogP) is 10.4. The number of esters is 1. The van der Waals surface area contributed by atoms with Crippen molar-refractivity contribution in [2.75, 3.05) is 0 Å². The molecule has 0 saturated carbocycles. The third-order valence-corrected chi connectivity index (χ3v) is 26.1. The molecule has 6 atom stereocenters. The molecule has 0 spiro atoms. The van der Waals surface area contributed by atoms with Crippen molar-refractivity contribution < 1.29 is 23.7 Å². The standard InChI is InChI=1S/C25H41O5.3C4H9.Sn/c1-10-12-25(9)21(16-23(5,6)18(4)29-25)28-22(26)15-20-19(27-13-11-2)14-17(3)24(7,8)30-20;3*1-3-4-2;/h10-11,13,17-21H,1-2,12,14-16H2,3-9H3;3*1,3-4H2,2H3;/b13-11-;;;;/t17-,18-,19?,20-,21-,25+;;;;/m1..../s1. The zero-order valence-corrected chi connectivity index (χ0v) is 32.6. The van der Waals surface area contributed by atoms with E-state index in [2.05, 4.69) is 75.0 Å². The third-order valence-electron chi connectivity index (χ3n) is 10.9. The number of carbonyl (C=O) groups excluding carboxylic acids is 1. The molecule has 0 amide bonds. The molecule has 6 heteroatoms. The molecule has 0 N–H and O–H groups in total. The van der Waals surface area contributed by atoms with Gasteiger partial charge in [0.25, 0.3) is 0 Å². The summed E-state index contributed by atoms with van der Waals surface area (Å²) in [6.07, 6.45) is 15.8. The monoisotopic (exact) mass is 712 g/mol. The average Bonchev–Trinajstić information content (AvgIpc) is 2.92. The van der Waals surface area contributed by atoms with E-state index >= 15 is 0 Å². The van der Waals surface area contributed by atoms with Gasteiger partial charge in [-0.2, -0.15) is 0 Å². The summed E-state index contributed by atoms with van der Waals surface area (Å²) in [5.74, 6) is 0.0797. The van der Waals surface area contributed by atoms with Crippen LogP contribution in [0.15, 0.2) is 25.0 Å². The second-order valence-electron chi connectivity index (χ2n) is 15.4. The number of carbonyl (C=O) groups is 1. The molecule has 1 unspecified atom stereocenters. The van der Waals surface area contributed by atoms with Crippen molar-refractivity contribution in [1.82, 2.24) is 0 Å². The normalized spacial score (nSPS) is 30.7. The van der Waals surface area contributed by atoms with Crippen molar-refractivity contribution >= 4 is 24.3 Å². The zero-order valence-electron chi connectivity index (χ0n) is 29.8. The van der Waals surface area contributed by atoms with Gasteiger partial charge in [-0.05, 0) is 6.92 Å². The van der Waals surface area contributed by atoms with Gasteiger partial charge in [0.2, 0.25) is 0 Å².